The molecule has 1 saturated heterocycles. The summed E-state index contributed by atoms with van der Waals surface area (Å²) in [4.78, 5) is 2.36. The Balaban J connectivity index is 1.89. The Morgan fingerprint density at radius 1 is 1.64 bits per heavy atom. The minimum absolute atomic E-state index is 0.312. The van der Waals surface area contributed by atoms with Crippen molar-refractivity contribution in [2.24, 2.45) is 5.92 Å². The number of nitrogens with zero attached hydrogens (tertiary/aromatic N) is 3. The van der Waals surface area contributed by atoms with E-state index in [1.807, 2.05) is 6.20 Å². The molecule has 1 aromatic heterocycles. The SMILES string of the molecule is CCC1CN(Cc2cnsn2)CC1Cl. The fraction of sp³-hybridized carbons (Fsp3) is 0.778. The van der Waals surface area contributed by atoms with Crippen LogP contribution in [0.2, 0.25) is 0 Å². The Hall–Kier alpha value is -0.190. The van der Waals surface area contributed by atoms with Gasteiger partial charge in [-0.25, -0.2) is 0 Å². The number of likely N-dealkylation sites (tertiary alicyclic amines) is 1. The second-order valence-electron chi connectivity index (χ2n) is 3.78. The summed E-state index contributed by atoms with van der Waals surface area (Å²) in [7, 11) is 0. The Labute approximate surface area is 93.4 Å². The van der Waals surface area contributed by atoms with Crippen molar-refractivity contribution >= 4 is 23.3 Å². The van der Waals surface area contributed by atoms with E-state index in [1.54, 1.807) is 0 Å². The molecule has 1 aliphatic rings. The first kappa shape index (κ1) is 10.3. The summed E-state index contributed by atoms with van der Waals surface area (Å²) in [5.74, 6) is 0.642. The van der Waals surface area contributed by atoms with Crippen molar-refractivity contribution in [2.45, 2.75) is 25.3 Å². The van der Waals surface area contributed by atoms with Crippen LogP contribution in [0.4, 0.5) is 0 Å². The number of alkyl halides is 1. The lowest BCUT2D eigenvalue weighted by atomic mass is 10.1. The third kappa shape index (κ3) is 2.24. The molecule has 0 bridgehead atoms. The number of aromatic nitrogens is 2. The van der Waals surface area contributed by atoms with Crippen molar-refractivity contribution in [2.75, 3.05) is 13.1 Å². The van der Waals surface area contributed by atoms with Gasteiger partial charge in [-0.2, -0.15) is 8.75 Å². The summed E-state index contributed by atoms with van der Waals surface area (Å²) in [6, 6.07) is 0. The third-order valence-electron chi connectivity index (χ3n) is 2.75. The molecule has 2 rings (SSSR count). The molecule has 1 aliphatic heterocycles. The number of rotatable bonds is 3. The second-order valence-corrected chi connectivity index (χ2v) is 4.89. The number of halogens is 1. The number of hydrogen-bond donors (Lipinski definition) is 0. The summed E-state index contributed by atoms with van der Waals surface area (Å²) in [6.45, 7) is 5.18. The van der Waals surface area contributed by atoms with Crippen LogP contribution in [0.25, 0.3) is 0 Å². The maximum Gasteiger partial charge on any atom is 0.0883 e. The van der Waals surface area contributed by atoms with E-state index >= 15 is 0 Å². The van der Waals surface area contributed by atoms with Gasteiger partial charge in [0.1, 0.15) is 0 Å². The smallest absolute Gasteiger partial charge is 0.0883 e. The molecule has 3 nitrogen and oxygen atoms in total. The first-order valence-electron chi connectivity index (χ1n) is 4.92. The van der Waals surface area contributed by atoms with E-state index in [0.717, 1.165) is 25.3 Å². The van der Waals surface area contributed by atoms with E-state index in [1.165, 1.54) is 18.1 Å². The van der Waals surface area contributed by atoms with Crippen molar-refractivity contribution < 1.29 is 0 Å². The van der Waals surface area contributed by atoms with Gasteiger partial charge < -0.3 is 0 Å². The van der Waals surface area contributed by atoms with E-state index in [9.17, 15) is 0 Å². The normalized spacial score (nSPS) is 28.4. The maximum atomic E-state index is 6.24. The van der Waals surface area contributed by atoms with E-state index in [0.29, 0.717) is 11.3 Å². The summed E-state index contributed by atoms with van der Waals surface area (Å²) >= 11 is 7.51. The Bertz CT molecular complexity index is 278. The van der Waals surface area contributed by atoms with Gasteiger partial charge in [-0.05, 0) is 5.92 Å². The van der Waals surface area contributed by atoms with Gasteiger partial charge >= 0.3 is 0 Å². The lowest BCUT2D eigenvalue weighted by Gasteiger charge is -2.12. The lowest BCUT2D eigenvalue weighted by Crippen LogP contribution is -2.20. The molecular formula is C9H14ClN3S. The molecule has 0 N–H and O–H groups in total. The van der Waals surface area contributed by atoms with Gasteiger partial charge in [0, 0.05) is 19.6 Å². The average Bonchev–Trinajstić information content (AvgIpc) is 2.76. The molecule has 2 unspecified atom stereocenters. The highest BCUT2D eigenvalue weighted by atomic mass is 35.5. The van der Waals surface area contributed by atoms with Crippen molar-refractivity contribution in [3.63, 3.8) is 0 Å². The van der Waals surface area contributed by atoms with E-state index < -0.39 is 0 Å². The molecule has 78 valence electrons. The van der Waals surface area contributed by atoms with Crippen LogP contribution >= 0.6 is 23.3 Å². The summed E-state index contributed by atoms with van der Waals surface area (Å²) in [6.07, 6.45) is 3.01. The minimum Gasteiger partial charge on any atom is -0.296 e. The van der Waals surface area contributed by atoms with Crippen LogP contribution in [0.15, 0.2) is 6.20 Å². The van der Waals surface area contributed by atoms with E-state index in [2.05, 4.69) is 20.6 Å². The first-order chi connectivity index (χ1) is 6.79. The fourth-order valence-electron chi connectivity index (χ4n) is 1.91. The maximum absolute atomic E-state index is 6.24. The average molecular weight is 232 g/mol. The van der Waals surface area contributed by atoms with Crippen molar-refractivity contribution in [1.82, 2.24) is 13.6 Å². The summed E-state index contributed by atoms with van der Waals surface area (Å²) in [5, 5.41) is 0.312. The Morgan fingerprint density at radius 3 is 3.07 bits per heavy atom. The van der Waals surface area contributed by atoms with Crippen molar-refractivity contribution in [3.05, 3.63) is 11.9 Å². The quantitative estimate of drug-likeness (QED) is 0.745. The minimum atomic E-state index is 0.312. The van der Waals surface area contributed by atoms with Gasteiger partial charge in [-0.15, -0.1) is 11.6 Å². The Morgan fingerprint density at radius 2 is 2.50 bits per heavy atom. The zero-order valence-corrected chi connectivity index (χ0v) is 9.76. The lowest BCUT2D eigenvalue weighted by molar-refractivity contribution is 0.312. The molecule has 1 aromatic rings. The van der Waals surface area contributed by atoms with Crippen LogP contribution in [0.3, 0.4) is 0 Å². The van der Waals surface area contributed by atoms with E-state index in [4.69, 9.17) is 11.6 Å². The standard InChI is InChI=1S/C9H14ClN3S/c1-2-7-4-13(6-9(7)10)5-8-3-11-14-12-8/h3,7,9H,2,4-6H2,1H3. The summed E-state index contributed by atoms with van der Waals surface area (Å²) < 4.78 is 8.19. The first-order valence-corrected chi connectivity index (χ1v) is 6.09. The second kappa shape index (κ2) is 4.55. The van der Waals surface area contributed by atoms with Gasteiger partial charge in [-0.3, -0.25) is 4.90 Å². The highest BCUT2D eigenvalue weighted by molar-refractivity contribution is 6.99. The van der Waals surface area contributed by atoms with Crippen LogP contribution in [0.5, 0.6) is 0 Å². The van der Waals surface area contributed by atoms with Crippen molar-refractivity contribution in [1.29, 1.82) is 0 Å². The molecule has 0 spiro atoms. The molecule has 5 heteroatoms. The van der Waals surface area contributed by atoms with Gasteiger partial charge in [0.15, 0.2) is 0 Å². The van der Waals surface area contributed by atoms with Gasteiger partial charge in [0.25, 0.3) is 0 Å². The topological polar surface area (TPSA) is 29.0 Å². The highest BCUT2D eigenvalue weighted by Gasteiger charge is 2.29. The van der Waals surface area contributed by atoms with Crippen LogP contribution in [0.1, 0.15) is 19.0 Å². The van der Waals surface area contributed by atoms with Crippen LogP contribution < -0.4 is 0 Å². The predicted octanol–water partition coefficient (Wildman–Crippen LogP) is 1.99. The predicted molar refractivity (Wildman–Crippen MR) is 58.6 cm³/mol. The molecule has 2 atom stereocenters. The van der Waals surface area contributed by atoms with Gasteiger partial charge in [-0.1, -0.05) is 13.3 Å². The zero-order valence-electron chi connectivity index (χ0n) is 8.19. The van der Waals surface area contributed by atoms with Gasteiger partial charge in [0.2, 0.25) is 0 Å². The molecule has 0 aliphatic carbocycles. The monoisotopic (exact) mass is 231 g/mol. The molecular weight excluding hydrogens is 218 g/mol. The van der Waals surface area contributed by atoms with Crippen LogP contribution in [-0.4, -0.2) is 32.1 Å². The molecule has 0 amide bonds. The molecule has 0 radical (unpaired) electrons. The molecule has 0 saturated carbocycles. The summed E-state index contributed by atoms with van der Waals surface area (Å²) in [5.41, 5.74) is 1.07. The van der Waals surface area contributed by atoms with Crippen LogP contribution in [-0.2, 0) is 6.54 Å². The van der Waals surface area contributed by atoms with E-state index in [-0.39, 0.29) is 0 Å². The largest absolute Gasteiger partial charge is 0.296 e. The molecule has 14 heavy (non-hydrogen) atoms. The van der Waals surface area contributed by atoms with Crippen LogP contribution in [0, 0.1) is 5.92 Å². The highest BCUT2D eigenvalue weighted by Crippen LogP contribution is 2.25. The molecule has 0 aromatic carbocycles. The zero-order chi connectivity index (χ0) is 9.97. The third-order valence-corrected chi connectivity index (χ3v) is 3.76. The Kier molecular flexibility index (Phi) is 3.36. The fourth-order valence-corrected chi connectivity index (χ4v) is 2.79. The van der Waals surface area contributed by atoms with Gasteiger partial charge in [0.05, 0.1) is 29.0 Å². The molecule has 2 heterocycles. The molecule has 1 fully saturated rings. The number of hydrogen-bond acceptors (Lipinski definition) is 4. The van der Waals surface area contributed by atoms with Crippen molar-refractivity contribution in [3.8, 4) is 0 Å².